The van der Waals surface area contributed by atoms with Crippen LogP contribution in [0.2, 0.25) is 0 Å². The van der Waals surface area contributed by atoms with E-state index >= 15 is 4.39 Å². The number of ether oxygens (including phenoxy) is 2. The van der Waals surface area contributed by atoms with Gasteiger partial charge in [0.15, 0.2) is 0 Å². The molecule has 0 aromatic heterocycles. The number of urea groups is 1. The number of methoxy groups -OCH3 is 1. The van der Waals surface area contributed by atoms with Crippen LogP contribution in [0.1, 0.15) is 73.5 Å². The van der Waals surface area contributed by atoms with Gasteiger partial charge in [0.1, 0.15) is 6.17 Å². The fourth-order valence-electron chi connectivity index (χ4n) is 5.68. The van der Waals surface area contributed by atoms with E-state index in [1.165, 1.54) is 7.11 Å². The molecule has 0 saturated carbocycles. The molecule has 1 aromatic rings. The predicted octanol–water partition coefficient (Wildman–Crippen LogP) is 4.16. The lowest BCUT2D eigenvalue weighted by molar-refractivity contribution is -0.144. The minimum Gasteiger partial charge on any atom is -0.466 e. The molecule has 2 heterocycles. The standard InChI is InChI=1S/C29H44FN3O5/c1-6-8-27(34)38-18-13-20(3)32-16-17-33(29(32)36)26-12-15-31(19-25(26)30)14-11-22-9-10-24(28(35)37-5)23(7-2)21(22)4/h9-10,20,25-26H,6-8,11-19H2,1-5H3. The third-order valence-electron chi connectivity index (χ3n) is 8.02. The molecule has 0 aliphatic carbocycles. The summed E-state index contributed by atoms with van der Waals surface area (Å²) in [7, 11) is 1.39. The smallest absolute Gasteiger partial charge is 0.338 e. The van der Waals surface area contributed by atoms with Crippen molar-refractivity contribution >= 4 is 18.0 Å². The number of nitrogens with zero attached hydrogens (tertiary/aromatic N) is 3. The van der Waals surface area contributed by atoms with Crippen LogP contribution in [0.15, 0.2) is 12.1 Å². The first kappa shape index (κ1) is 29.9. The number of rotatable bonds is 12. The van der Waals surface area contributed by atoms with Crippen molar-refractivity contribution in [2.24, 2.45) is 0 Å². The normalized spacial score (nSPS) is 21.1. The van der Waals surface area contributed by atoms with Crippen molar-refractivity contribution in [3.63, 3.8) is 0 Å². The third-order valence-corrected chi connectivity index (χ3v) is 8.02. The zero-order chi connectivity index (χ0) is 27.8. The highest BCUT2D eigenvalue weighted by atomic mass is 19.1. The highest BCUT2D eigenvalue weighted by molar-refractivity contribution is 5.91. The summed E-state index contributed by atoms with van der Waals surface area (Å²) in [6, 6.07) is 3.21. The van der Waals surface area contributed by atoms with Crippen LogP contribution in [0.5, 0.6) is 0 Å². The molecule has 2 saturated heterocycles. The molecule has 38 heavy (non-hydrogen) atoms. The van der Waals surface area contributed by atoms with Gasteiger partial charge < -0.3 is 19.3 Å². The fourth-order valence-corrected chi connectivity index (χ4v) is 5.68. The number of benzene rings is 1. The number of alkyl halides is 1. The Bertz CT molecular complexity index is 987. The highest BCUT2D eigenvalue weighted by Gasteiger charge is 2.41. The Hall–Kier alpha value is -2.68. The van der Waals surface area contributed by atoms with Crippen molar-refractivity contribution in [3.8, 4) is 0 Å². The van der Waals surface area contributed by atoms with E-state index in [0.717, 1.165) is 49.0 Å². The van der Waals surface area contributed by atoms with Crippen LogP contribution >= 0.6 is 0 Å². The quantitative estimate of drug-likeness (QED) is 0.376. The Labute approximate surface area is 226 Å². The Kier molecular flexibility index (Phi) is 10.9. The van der Waals surface area contributed by atoms with Crippen molar-refractivity contribution < 1.29 is 28.2 Å². The minimum absolute atomic E-state index is 0.0677. The minimum atomic E-state index is -1.10. The number of piperidine rings is 1. The van der Waals surface area contributed by atoms with E-state index in [1.807, 2.05) is 39.8 Å². The molecule has 1 aromatic carbocycles. The Balaban J connectivity index is 1.50. The van der Waals surface area contributed by atoms with Gasteiger partial charge in [-0.2, -0.15) is 0 Å². The molecule has 2 aliphatic heterocycles. The van der Waals surface area contributed by atoms with E-state index in [0.29, 0.717) is 51.1 Å². The molecule has 8 nitrogen and oxygen atoms in total. The summed E-state index contributed by atoms with van der Waals surface area (Å²) in [5, 5.41) is 0. The summed E-state index contributed by atoms with van der Waals surface area (Å²) in [5.74, 6) is -0.529. The largest absolute Gasteiger partial charge is 0.466 e. The number of carbonyl (C=O) groups is 3. The number of hydrogen-bond donors (Lipinski definition) is 0. The molecule has 212 valence electrons. The summed E-state index contributed by atoms with van der Waals surface area (Å²) in [6.45, 7) is 11.1. The molecule has 0 N–H and O–H groups in total. The van der Waals surface area contributed by atoms with Gasteiger partial charge >= 0.3 is 18.0 Å². The zero-order valence-corrected chi connectivity index (χ0v) is 23.6. The fraction of sp³-hybridized carbons (Fsp3) is 0.690. The second-order valence-corrected chi connectivity index (χ2v) is 10.4. The molecule has 2 amide bonds. The van der Waals surface area contributed by atoms with Gasteiger partial charge in [-0.15, -0.1) is 0 Å². The maximum atomic E-state index is 15.4. The second-order valence-electron chi connectivity index (χ2n) is 10.4. The van der Waals surface area contributed by atoms with Crippen molar-refractivity contribution in [2.45, 2.75) is 84.5 Å². The monoisotopic (exact) mass is 533 g/mol. The number of hydrogen-bond acceptors (Lipinski definition) is 6. The SMILES string of the molecule is CCCC(=O)OCCC(C)N1CCN(C2CCN(CCc3ccc(C(=O)OC)c(CC)c3C)CC2F)C1=O. The van der Waals surface area contributed by atoms with Gasteiger partial charge in [-0.05, 0) is 62.3 Å². The average Bonchev–Trinajstić information content (AvgIpc) is 3.28. The second kappa shape index (κ2) is 13.9. The number of carbonyl (C=O) groups excluding carboxylic acids is 3. The number of esters is 2. The summed E-state index contributed by atoms with van der Waals surface area (Å²) in [5.41, 5.74) is 3.87. The van der Waals surface area contributed by atoms with Gasteiger partial charge in [0.2, 0.25) is 0 Å². The number of likely N-dealkylation sites (tertiary alicyclic amines) is 1. The molecule has 3 rings (SSSR count). The van der Waals surface area contributed by atoms with E-state index in [9.17, 15) is 14.4 Å². The molecule has 0 spiro atoms. The summed E-state index contributed by atoms with van der Waals surface area (Å²) in [4.78, 5) is 42.4. The van der Waals surface area contributed by atoms with Gasteiger partial charge in [0.25, 0.3) is 0 Å². The predicted molar refractivity (Wildman–Crippen MR) is 144 cm³/mol. The van der Waals surface area contributed by atoms with Crippen molar-refractivity contribution in [1.29, 1.82) is 0 Å². The van der Waals surface area contributed by atoms with E-state index in [2.05, 4.69) is 4.90 Å². The molecular weight excluding hydrogens is 489 g/mol. The number of halogens is 1. The lowest BCUT2D eigenvalue weighted by atomic mass is 9.93. The zero-order valence-electron chi connectivity index (χ0n) is 23.6. The highest BCUT2D eigenvalue weighted by Crippen LogP contribution is 2.26. The van der Waals surface area contributed by atoms with Gasteiger partial charge in [-0.25, -0.2) is 14.0 Å². The Morgan fingerprint density at radius 3 is 2.61 bits per heavy atom. The van der Waals surface area contributed by atoms with Gasteiger partial charge in [0.05, 0.1) is 25.3 Å². The van der Waals surface area contributed by atoms with Crippen molar-refractivity contribution in [1.82, 2.24) is 14.7 Å². The van der Waals surface area contributed by atoms with Crippen LogP contribution < -0.4 is 0 Å². The molecule has 0 bridgehead atoms. The molecule has 3 unspecified atom stereocenters. The maximum Gasteiger partial charge on any atom is 0.338 e. The molecule has 0 radical (unpaired) electrons. The summed E-state index contributed by atoms with van der Waals surface area (Å²) < 4.78 is 25.5. The van der Waals surface area contributed by atoms with Crippen LogP contribution in [0, 0.1) is 6.92 Å². The molecule has 9 heteroatoms. The first-order valence-corrected chi connectivity index (χ1v) is 14.0. The molecule has 3 atom stereocenters. The lowest BCUT2D eigenvalue weighted by Gasteiger charge is -2.39. The van der Waals surface area contributed by atoms with Crippen LogP contribution in [0.3, 0.4) is 0 Å². The van der Waals surface area contributed by atoms with E-state index in [1.54, 1.807) is 9.80 Å². The van der Waals surface area contributed by atoms with Crippen LogP contribution in [0.4, 0.5) is 9.18 Å². The van der Waals surface area contributed by atoms with Crippen LogP contribution in [0.25, 0.3) is 0 Å². The Morgan fingerprint density at radius 1 is 1.18 bits per heavy atom. The van der Waals surface area contributed by atoms with Crippen LogP contribution in [-0.4, -0.2) is 97.4 Å². The lowest BCUT2D eigenvalue weighted by Crippen LogP contribution is -2.54. The molecular formula is C29H44FN3O5. The Morgan fingerprint density at radius 2 is 1.95 bits per heavy atom. The maximum absolute atomic E-state index is 15.4. The van der Waals surface area contributed by atoms with E-state index in [4.69, 9.17) is 9.47 Å². The van der Waals surface area contributed by atoms with E-state index < -0.39 is 12.2 Å². The van der Waals surface area contributed by atoms with Gasteiger partial charge in [-0.3, -0.25) is 9.69 Å². The molecule has 2 fully saturated rings. The van der Waals surface area contributed by atoms with E-state index in [-0.39, 0.29) is 24.0 Å². The first-order chi connectivity index (χ1) is 18.2. The first-order valence-electron chi connectivity index (χ1n) is 14.0. The van der Waals surface area contributed by atoms with Crippen LogP contribution in [-0.2, 0) is 27.1 Å². The average molecular weight is 534 g/mol. The van der Waals surface area contributed by atoms with Crippen molar-refractivity contribution in [2.75, 3.05) is 46.4 Å². The van der Waals surface area contributed by atoms with Crippen molar-refractivity contribution in [3.05, 3.63) is 34.4 Å². The third kappa shape index (κ3) is 7.04. The topological polar surface area (TPSA) is 79.4 Å². The molecule has 2 aliphatic rings. The summed E-state index contributed by atoms with van der Waals surface area (Å²) >= 11 is 0. The summed E-state index contributed by atoms with van der Waals surface area (Å²) in [6.07, 6.45) is 2.74. The number of amides is 2. The van der Waals surface area contributed by atoms with Gasteiger partial charge in [0, 0.05) is 51.6 Å². The van der Waals surface area contributed by atoms with Gasteiger partial charge in [-0.1, -0.05) is 19.9 Å².